The smallest absolute Gasteiger partial charge is 0.0555 e. The van der Waals surface area contributed by atoms with Crippen molar-refractivity contribution in [1.29, 1.82) is 0 Å². The van der Waals surface area contributed by atoms with Crippen molar-refractivity contribution < 1.29 is 0 Å². The summed E-state index contributed by atoms with van der Waals surface area (Å²) in [4.78, 5) is 2.46. The Kier molecular flexibility index (Phi) is 10.5. The van der Waals surface area contributed by atoms with Gasteiger partial charge in [-0.05, 0) is 131 Å². The molecule has 0 aliphatic rings. The molecule has 70 heavy (non-hydrogen) atoms. The van der Waals surface area contributed by atoms with E-state index in [1.165, 1.54) is 108 Å². The molecule has 0 saturated heterocycles. The number of benzene rings is 12. The molecule has 0 fully saturated rings. The average Bonchev–Trinajstić information content (AvgIpc) is 3.84. The van der Waals surface area contributed by atoms with Crippen LogP contribution < -0.4 is 4.90 Å². The van der Waals surface area contributed by atoms with Crippen molar-refractivity contribution in [3.05, 3.63) is 273 Å². The third-order valence-corrected chi connectivity index (χ3v) is 15.1. The number of nitrogens with zero attached hydrogens (tertiary/aromatic N) is 1. The summed E-state index contributed by atoms with van der Waals surface area (Å²) in [6, 6.07) is 99.9. The number of fused-ring (bicyclic) bond motifs is 5. The van der Waals surface area contributed by atoms with Gasteiger partial charge in [0.25, 0.3) is 0 Å². The molecule has 13 aromatic rings. The Labute approximate surface area is 412 Å². The summed E-state index contributed by atoms with van der Waals surface area (Å²) in [7, 11) is 0. The molecule has 12 aromatic carbocycles. The molecule has 328 valence electrons. The molecule has 1 nitrogen and oxygen atoms in total. The quantitative estimate of drug-likeness (QED) is 0.139. The molecule has 0 radical (unpaired) electrons. The number of hydrogen-bond donors (Lipinski definition) is 0. The van der Waals surface area contributed by atoms with Gasteiger partial charge in [-0.1, -0.05) is 224 Å². The van der Waals surface area contributed by atoms with E-state index in [0.717, 1.165) is 17.1 Å². The Balaban J connectivity index is 0.956. The van der Waals surface area contributed by atoms with Crippen molar-refractivity contribution in [3.8, 4) is 66.8 Å². The lowest BCUT2D eigenvalue weighted by molar-refractivity contribution is 1.30. The number of thiophene rings is 1. The van der Waals surface area contributed by atoms with Gasteiger partial charge in [0.1, 0.15) is 0 Å². The Morgan fingerprint density at radius 1 is 0.257 bits per heavy atom. The van der Waals surface area contributed by atoms with Crippen molar-refractivity contribution >= 4 is 70.1 Å². The van der Waals surface area contributed by atoms with Gasteiger partial charge < -0.3 is 4.90 Å². The number of anilines is 3. The van der Waals surface area contributed by atoms with Gasteiger partial charge in [0, 0.05) is 37.1 Å². The van der Waals surface area contributed by atoms with Crippen molar-refractivity contribution in [2.24, 2.45) is 0 Å². The predicted molar refractivity (Wildman–Crippen MR) is 302 cm³/mol. The van der Waals surface area contributed by atoms with Crippen LogP contribution in [0.1, 0.15) is 0 Å². The highest BCUT2D eigenvalue weighted by Crippen LogP contribution is 2.50. The zero-order chi connectivity index (χ0) is 46.4. The van der Waals surface area contributed by atoms with Gasteiger partial charge in [-0.25, -0.2) is 0 Å². The molecule has 2 heteroatoms. The van der Waals surface area contributed by atoms with E-state index in [4.69, 9.17) is 0 Å². The summed E-state index contributed by atoms with van der Waals surface area (Å²) < 4.78 is 2.56. The maximum absolute atomic E-state index is 2.46. The van der Waals surface area contributed by atoms with E-state index >= 15 is 0 Å². The molecule has 0 bridgehead atoms. The first-order chi connectivity index (χ1) is 34.7. The van der Waals surface area contributed by atoms with E-state index in [9.17, 15) is 0 Å². The molecule has 0 amide bonds. The first-order valence-corrected chi connectivity index (χ1v) is 24.8. The van der Waals surface area contributed by atoms with Crippen LogP contribution in [0.3, 0.4) is 0 Å². The third kappa shape index (κ3) is 7.43. The van der Waals surface area contributed by atoms with Crippen molar-refractivity contribution in [3.63, 3.8) is 0 Å². The average molecular weight is 908 g/mol. The second-order valence-electron chi connectivity index (χ2n) is 18.0. The van der Waals surface area contributed by atoms with E-state index in [-0.39, 0.29) is 0 Å². The van der Waals surface area contributed by atoms with E-state index in [0.29, 0.717) is 0 Å². The fourth-order valence-electron chi connectivity index (χ4n) is 10.5. The van der Waals surface area contributed by atoms with Gasteiger partial charge in [0.15, 0.2) is 0 Å². The van der Waals surface area contributed by atoms with Crippen LogP contribution in [0, 0.1) is 0 Å². The van der Waals surface area contributed by atoms with Crippen LogP contribution in [0.4, 0.5) is 17.1 Å². The van der Waals surface area contributed by atoms with Gasteiger partial charge in [0.05, 0.1) is 5.69 Å². The normalized spacial score (nSPS) is 11.4. The predicted octanol–water partition coefficient (Wildman–Crippen LogP) is 19.8. The van der Waals surface area contributed by atoms with E-state index < -0.39 is 0 Å². The second-order valence-corrected chi connectivity index (χ2v) is 19.0. The third-order valence-electron chi connectivity index (χ3n) is 13.9. The first-order valence-electron chi connectivity index (χ1n) is 24.0. The number of hydrogen-bond acceptors (Lipinski definition) is 2. The highest BCUT2D eigenvalue weighted by atomic mass is 32.1. The standard InChI is InChI=1S/C68H45NS/c1-2-17-48(18-3-1)57-25-8-10-27-60(57)61-28-11-9-26-59(61)50-36-40-56(41-37-50)69(55-38-34-47(35-39-55)52-22-14-23-53(44-52)54-33-32-46-16-4-5-20-51(46)45-54)65-43-42-63(62-30-15-21-49-19-6-7-24-58(49)62)68-67(65)64-29-12-13-31-66(64)70-68/h1-45H. The fourth-order valence-corrected chi connectivity index (χ4v) is 11.7. The molecule has 0 unspecified atom stereocenters. The van der Waals surface area contributed by atoms with Crippen LogP contribution in [-0.2, 0) is 0 Å². The molecule has 0 spiro atoms. The fraction of sp³-hybridized carbons (Fsp3) is 0. The largest absolute Gasteiger partial charge is 0.310 e. The van der Waals surface area contributed by atoms with E-state index in [1.807, 2.05) is 11.3 Å². The highest BCUT2D eigenvalue weighted by Gasteiger charge is 2.22. The lowest BCUT2D eigenvalue weighted by atomic mass is 9.89. The van der Waals surface area contributed by atoms with Crippen LogP contribution in [0.15, 0.2) is 273 Å². The zero-order valence-electron chi connectivity index (χ0n) is 38.3. The van der Waals surface area contributed by atoms with Gasteiger partial charge >= 0.3 is 0 Å². The topological polar surface area (TPSA) is 3.24 Å². The maximum atomic E-state index is 2.46. The van der Waals surface area contributed by atoms with Crippen LogP contribution in [-0.4, -0.2) is 0 Å². The Morgan fingerprint density at radius 2 is 0.743 bits per heavy atom. The molecule has 13 rings (SSSR count). The van der Waals surface area contributed by atoms with Crippen LogP contribution >= 0.6 is 11.3 Å². The highest BCUT2D eigenvalue weighted by molar-refractivity contribution is 7.26. The Hall–Kier alpha value is -8.82. The van der Waals surface area contributed by atoms with Gasteiger partial charge in [-0.2, -0.15) is 0 Å². The van der Waals surface area contributed by atoms with Crippen molar-refractivity contribution in [1.82, 2.24) is 0 Å². The monoisotopic (exact) mass is 907 g/mol. The lowest BCUT2D eigenvalue weighted by Gasteiger charge is -2.27. The molecule has 1 heterocycles. The molecule has 0 aliphatic heterocycles. The Morgan fingerprint density at radius 3 is 1.47 bits per heavy atom. The minimum atomic E-state index is 1.09. The summed E-state index contributed by atoms with van der Waals surface area (Å²) in [6.45, 7) is 0. The lowest BCUT2D eigenvalue weighted by Crippen LogP contribution is -2.10. The summed E-state index contributed by atoms with van der Waals surface area (Å²) in [5.74, 6) is 0. The second kappa shape index (κ2) is 17.7. The van der Waals surface area contributed by atoms with Gasteiger partial charge in [-0.15, -0.1) is 11.3 Å². The summed E-state index contributed by atoms with van der Waals surface area (Å²) in [5.41, 5.74) is 17.8. The summed E-state index contributed by atoms with van der Waals surface area (Å²) in [6.07, 6.45) is 0. The maximum Gasteiger partial charge on any atom is 0.0555 e. The van der Waals surface area contributed by atoms with Crippen molar-refractivity contribution in [2.75, 3.05) is 4.90 Å². The van der Waals surface area contributed by atoms with E-state index in [2.05, 4.69) is 278 Å². The minimum Gasteiger partial charge on any atom is -0.310 e. The summed E-state index contributed by atoms with van der Waals surface area (Å²) in [5, 5.41) is 7.52. The first kappa shape index (κ1) is 41.4. The summed E-state index contributed by atoms with van der Waals surface area (Å²) >= 11 is 1.89. The Bertz CT molecular complexity index is 4050. The van der Waals surface area contributed by atoms with Gasteiger partial charge in [-0.3, -0.25) is 0 Å². The minimum absolute atomic E-state index is 1.09. The SMILES string of the molecule is c1ccc(-c2ccccc2-c2ccccc2-c2ccc(N(c3ccc(-c4cccc(-c5ccc6ccccc6c5)c4)cc3)c3ccc(-c4cccc5ccccc45)c4sc5ccccc5c34)cc2)cc1. The van der Waals surface area contributed by atoms with E-state index in [1.54, 1.807) is 0 Å². The molecule has 0 atom stereocenters. The molecule has 0 saturated carbocycles. The molecule has 0 aliphatic carbocycles. The molecular formula is C68H45NS. The van der Waals surface area contributed by atoms with Crippen LogP contribution in [0.25, 0.3) is 108 Å². The van der Waals surface area contributed by atoms with Crippen LogP contribution in [0.2, 0.25) is 0 Å². The molecule has 0 N–H and O–H groups in total. The van der Waals surface area contributed by atoms with Crippen molar-refractivity contribution in [2.45, 2.75) is 0 Å². The van der Waals surface area contributed by atoms with Gasteiger partial charge in [0.2, 0.25) is 0 Å². The molecule has 1 aromatic heterocycles. The molecular weight excluding hydrogens is 863 g/mol. The zero-order valence-corrected chi connectivity index (χ0v) is 39.2. The van der Waals surface area contributed by atoms with Crippen LogP contribution in [0.5, 0.6) is 0 Å². The number of rotatable bonds is 9.